The molecule has 6 nitrogen and oxygen atoms in total. The van der Waals surface area contributed by atoms with Gasteiger partial charge in [-0.15, -0.1) is 0 Å². The van der Waals surface area contributed by atoms with Crippen LogP contribution in [0.5, 0.6) is 0 Å². The molecule has 118 valence electrons. The summed E-state index contributed by atoms with van der Waals surface area (Å²) >= 11 is 0. The largest absolute Gasteiger partial charge is 0.375 e. The number of morpholine rings is 1. The first-order valence-electron chi connectivity index (χ1n) is 7.46. The maximum absolute atomic E-state index is 12.3. The van der Waals surface area contributed by atoms with E-state index in [1.807, 2.05) is 17.9 Å². The van der Waals surface area contributed by atoms with E-state index in [1.54, 1.807) is 13.8 Å². The lowest BCUT2D eigenvalue weighted by Gasteiger charge is -2.31. The third kappa shape index (κ3) is 3.37. The van der Waals surface area contributed by atoms with Crippen molar-refractivity contribution >= 4 is 5.91 Å². The van der Waals surface area contributed by atoms with Gasteiger partial charge in [-0.3, -0.25) is 9.59 Å². The van der Waals surface area contributed by atoms with E-state index in [0.29, 0.717) is 38.1 Å². The molecule has 1 aliphatic rings. The highest BCUT2D eigenvalue weighted by molar-refractivity contribution is 5.76. The number of pyridine rings is 1. The number of aromatic nitrogens is 1. The lowest BCUT2D eigenvalue weighted by atomic mass is 9.99. The third-order valence-electron chi connectivity index (χ3n) is 4.10. The Bertz CT molecular complexity index is 672. The molecule has 2 heterocycles. The predicted molar refractivity (Wildman–Crippen MR) is 81.6 cm³/mol. The third-order valence-corrected chi connectivity index (χ3v) is 4.10. The van der Waals surface area contributed by atoms with E-state index < -0.39 is 0 Å². The molecule has 0 unspecified atom stereocenters. The van der Waals surface area contributed by atoms with Gasteiger partial charge in [-0.25, -0.2) is 0 Å². The zero-order valence-corrected chi connectivity index (χ0v) is 13.2. The molecule has 1 aromatic heterocycles. The van der Waals surface area contributed by atoms with Crippen LogP contribution >= 0.6 is 0 Å². The van der Waals surface area contributed by atoms with Gasteiger partial charge in [0.25, 0.3) is 5.56 Å². The summed E-state index contributed by atoms with van der Waals surface area (Å²) < 4.78 is 5.43. The molecule has 0 radical (unpaired) electrons. The number of carbonyl (C=O) groups excluding carboxylic acids is 1. The van der Waals surface area contributed by atoms with Crippen LogP contribution in [0.1, 0.15) is 35.7 Å². The fourth-order valence-corrected chi connectivity index (χ4v) is 2.86. The molecule has 1 saturated heterocycles. The van der Waals surface area contributed by atoms with Crippen LogP contribution in [-0.2, 0) is 16.0 Å². The second kappa shape index (κ2) is 6.75. The van der Waals surface area contributed by atoms with Crippen LogP contribution < -0.4 is 5.56 Å². The number of nitrogens with zero attached hydrogens (tertiary/aromatic N) is 2. The Morgan fingerprint density at radius 2 is 2.23 bits per heavy atom. The quantitative estimate of drug-likeness (QED) is 0.904. The number of hydrogen-bond donors (Lipinski definition) is 1. The van der Waals surface area contributed by atoms with Crippen molar-refractivity contribution in [2.24, 2.45) is 0 Å². The predicted octanol–water partition coefficient (Wildman–Crippen LogP) is 1.04. The molecule has 0 aliphatic carbocycles. The minimum absolute atomic E-state index is 0.0689. The highest BCUT2D eigenvalue weighted by Crippen LogP contribution is 2.16. The molecule has 1 N–H and O–H groups in total. The molecule has 0 aromatic carbocycles. The van der Waals surface area contributed by atoms with Crippen LogP contribution in [0.4, 0.5) is 0 Å². The zero-order valence-electron chi connectivity index (χ0n) is 13.2. The average molecular weight is 303 g/mol. The van der Waals surface area contributed by atoms with Crippen molar-refractivity contribution in [2.45, 2.75) is 39.7 Å². The molecule has 6 heteroatoms. The lowest BCUT2D eigenvalue weighted by molar-refractivity contribution is -0.138. The van der Waals surface area contributed by atoms with Gasteiger partial charge in [0.15, 0.2) is 0 Å². The molecule has 1 atom stereocenters. The van der Waals surface area contributed by atoms with Crippen LogP contribution in [-0.4, -0.2) is 41.6 Å². The number of amides is 1. The fourth-order valence-electron chi connectivity index (χ4n) is 2.86. The molecule has 2 rings (SSSR count). The van der Waals surface area contributed by atoms with Gasteiger partial charge in [-0.1, -0.05) is 0 Å². The van der Waals surface area contributed by atoms with E-state index >= 15 is 0 Å². The first-order chi connectivity index (χ1) is 10.4. The van der Waals surface area contributed by atoms with Gasteiger partial charge in [-0.2, -0.15) is 5.26 Å². The SMILES string of the molecule is Cc1[nH]c(=O)c(C#N)c(C)c1CCC(=O)N1CCO[C@H](C)C1. The van der Waals surface area contributed by atoms with Crippen LogP contribution in [0, 0.1) is 25.2 Å². The first-order valence-corrected chi connectivity index (χ1v) is 7.46. The minimum atomic E-state index is -0.366. The maximum atomic E-state index is 12.3. The second-order valence-corrected chi connectivity index (χ2v) is 5.69. The Kier molecular flexibility index (Phi) is 4.99. The molecule has 22 heavy (non-hydrogen) atoms. The average Bonchev–Trinajstić information content (AvgIpc) is 2.46. The van der Waals surface area contributed by atoms with Crippen molar-refractivity contribution in [3.63, 3.8) is 0 Å². The summed E-state index contributed by atoms with van der Waals surface area (Å²) in [7, 11) is 0. The van der Waals surface area contributed by atoms with Gasteiger partial charge >= 0.3 is 0 Å². The Morgan fingerprint density at radius 3 is 2.86 bits per heavy atom. The number of nitriles is 1. The summed E-state index contributed by atoms with van der Waals surface area (Å²) in [6, 6.07) is 1.93. The van der Waals surface area contributed by atoms with E-state index in [1.165, 1.54) is 0 Å². The molecule has 1 amide bonds. The fraction of sp³-hybridized carbons (Fsp3) is 0.562. The first kappa shape index (κ1) is 16.2. The summed E-state index contributed by atoms with van der Waals surface area (Å²) in [6.07, 6.45) is 0.957. The summed E-state index contributed by atoms with van der Waals surface area (Å²) in [5.74, 6) is 0.0821. The summed E-state index contributed by atoms with van der Waals surface area (Å²) in [4.78, 5) is 28.5. The Balaban J connectivity index is 2.10. The number of aromatic amines is 1. The van der Waals surface area contributed by atoms with Gasteiger partial charge < -0.3 is 14.6 Å². The normalized spacial score (nSPS) is 18.1. The van der Waals surface area contributed by atoms with E-state index in [4.69, 9.17) is 10.00 Å². The van der Waals surface area contributed by atoms with Crippen molar-refractivity contribution in [1.29, 1.82) is 5.26 Å². The van der Waals surface area contributed by atoms with E-state index in [2.05, 4.69) is 4.98 Å². The number of carbonyl (C=O) groups is 1. The van der Waals surface area contributed by atoms with Gasteiger partial charge in [0.2, 0.25) is 5.91 Å². The van der Waals surface area contributed by atoms with Gasteiger partial charge in [0, 0.05) is 25.2 Å². The monoisotopic (exact) mass is 303 g/mol. The van der Waals surface area contributed by atoms with Crippen molar-refractivity contribution < 1.29 is 9.53 Å². The number of H-pyrrole nitrogens is 1. The van der Waals surface area contributed by atoms with Crippen molar-refractivity contribution in [3.8, 4) is 6.07 Å². The van der Waals surface area contributed by atoms with Crippen LogP contribution in [0.3, 0.4) is 0 Å². The Morgan fingerprint density at radius 1 is 1.50 bits per heavy atom. The van der Waals surface area contributed by atoms with Crippen molar-refractivity contribution in [1.82, 2.24) is 9.88 Å². The van der Waals surface area contributed by atoms with Crippen LogP contribution in [0.25, 0.3) is 0 Å². The highest BCUT2D eigenvalue weighted by Gasteiger charge is 2.22. The van der Waals surface area contributed by atoms with E-state index in [-0.39, 0.29) is 23.1 Å². The van der Waals surface area contributed by atoms with Crippen LogP contribution in [0.2, 0.25) is 0 Å². The topological polar surface area (TPSA) is 86.2 Å². The molecule has 0 bridgehead atoms. The van der Waals surface area contributed by atoms with E-state index in [0.717, 1.165) is 11.3 Å². The number of hydrogen-bond acceptors (Lipinski definition) is 4. The molecule has 1 aliphatic heterocycles. The number of ether oxygens (including phenoxy) is 1. The van der Waals surface area contributed by atoms with Crippen molar-refractivity contribution in [2.75, 3.05) is 19.7 Å². The maximum Gasteiger partial charge on any atom is 0.266 e. The molecular weight excluding hydrogens is 282 g/mol. The van der Waals surface area contributed by atoms with Gasteiger partial charge in [0.1, 0.15) is 11.6 Å². The minimum Gasteiger partial charge on any atom is -0.375 e. The molecule has 1 fully saturated rings. The molecule has 0 spiro atoms. The summed E-state index contributed by atoms with van der Waals surface area (Å²) in [5, 5.41) is 9.07. The smallest absolute Gasteiger partial charge is 0.266 e. The van der Waals surface area contributed by atoms with Gasteiger partial charge in [0.05, 0.1) is 12.7 Å². The number of nitrogens with one attached hydrogen (secondary N) is 1. The van der Waals surface area contributed by atoms with Crippen molar-refractivity contribution in [3.05, 3.63) is 32.7 Å². The number of rotatable bonds is 3. The Labute approximate surface area is 129 Å². The number of aryl methyl sites for hydroxylation is 1. The summed E-state index contributed by atoms with van der Waals surface area (Å²) in [5.41, 5.74) is 2.05. The van der Waals surface area contributed by atoms with Crippen LogP contribution in [0.15, 0.2) is 4.79 Å². The standard InChI is InChI=1S/C16H21N3O3/c1-10-9-19(6-7-22-10)15(20)5-4-13-11(2)14(8-17)16(21)18-12(13)3/h10H,4-7,9H2,1-3H3,(H,18,21)/t10-/m1/s1. The molecular formula is C16H21N3O3. The molecule has 0 saturated carbocycles. The Hall–Kier alpha value is -2.13. The highest BCUT2D eigenvalue weighted by atomic mass is 16.5. The second-order valence-electron chi connectivity index (χ2n) is 5.69. The zero-order chi connectivity index (χ0) is 16.3. The lowest BCUT2D eigenvalue weighted by Crippen LogP contribution is -2.44. The summed E-state index contributed by atoms with van der Waals surface area (Å²) in [6.45, 7) is 7.32. The molecule has 1 aromatic rings. The van der Waals surface area contributed by atoms with Gasteiger partial charge in [-0.05, 0) is 38.3 Å². The van der Waals surface area contributed by atoms with E-state index in [9.17, 15) is 9.59 Å².